The molecule has 0 amide bonds. The minimum atomic E-state index is 1.08. The van der Waals surface area contributed by atoms with Crippen LogP contribution < -0.4 is 0 Å². The molecular weight excluding hydrogens is 46.8 g/mol. The van der Waals surface area contributed by atoms with Crippen LogP contribution in [0.15, 0.2) is 0 Å². The summed E-state index contributed by atoms with van der Waals surface area (Å²) in [6, 6.07) is 0. The van der Waals surface area contributed by atoms with Crippen molar-refractivity contribution in [3.8, 4) is 0 Å². The van der Waals surface area contributed by atoms with Crippen LogP contribution in [0.25, 0.3) is 0 Å². The fourth-order valence-electron chi connectivity index (χ4n) is 0.167. The van der Waals surface area contributed by atoms with Gasteiger partial charge < -0.3 is 0 Å². The number of hydrogen-bond acceptors (Lipinski definition) is 0. The molecule has 1 aliphatic rings. The van der Waals surface area contributed by atoms with Gasteiger partial charge in [0.1, 0.15) is 6.71 Å². The highest BCUT2D eigenvalue weighted by molar-refractivity contribution is 6.68. The summed E-state index contributed by atoms with van der Waals surface area (Å²) >= 11 is 0. The van der Waals surface area contributed by atoms with E-state index in [1.807, 2.05) is 0 Å². The van der Waals surface area contributed by atoms with E-state index in [0.29, 0.717) is 0 Å². The molecule has 1 heteroatoms. The van der Waals surface area contributed by atoms with Gasteiger partial charge >= 0.3 is 0 Å². The molecule has 0 radical (unpaired) electrons. The number of rotatable bonds is 0. The van der Waals surface area contributed by atoms with Gasteiger partial charge in [0, 0.05) is 0 Å². The maximum atomic E-state index is 2.28. The highest BCUT2D eigenvalue weighted by atomic mass is 13.8. The van der Waals surface area contributed by atoms with Crippen LogP contribution >= 0.6 is 0 Å². The smallest absolute Gasteiger partial charge is 0.0861 e. The molecule has 0 unspecified atom stereocenters. The van der Waals surface area contributed by atoms with Gasteiger partial charge in [-0.1, -0.05) is 19.5 Å². The van der Waals surface area contributed by atoms with Crippen molar-refractivity contribution in [2.24, 2.45) is 0 Å². The lowest BCUT2D eigenvalue weighted by Crippen LogP contribution is -1.63. The minimum Gasteiger partial charge on any atom is -0.0861 e. The van der Waals surface area contributed by atoms with Crippen LogP contribution in [-0.2, 0) is 0 Å². The lowest BCUT2D eigenvalue weighted by molar-refractivity contribution is 1.69. The van der Waals surface area contributed by atoms with Crippen LogP contribution in [-0.4, -0.2) is 6.71 Å². The molecule has 4 heavy (non-hydrogen) atoms. The molecular formula is C3H7B. The zero-order chi connectivity index (χ0) is 2.99. The van der Waals surface area contributed by atoms with Gasteiger partial charge in [0.15, 0.2) is 0 Å². The average Bonchev–Trinajstić information content (AvgIpc) is 1.75. The van der Waals surface area contributed by atoms with Gasteiger partial charge in [-0.25, -0.2) is 0 Å². The SMILES string of the molecule is CB1CC1. The summed E-state index contributed by atoms with van der Waals surface area (Å²) in [5, 5.41) is 0. The third-order valence-corrected chi connectivity index (χ3v) is 0.866. The second-order valence-electron chi connectivity index (χ2n) is 1.68. The monoisotopic (exact) mass is 54.1 g/mol. The normalized spacial score (nSPS) is 21.8. The van der Waals surface area contributed by atoms with Gasteiger partial charge in [0.2, 0.25) is 0 Å². The Kier molecular flexibility index (Phi) is 0.294. The Bertz CT molecular complexity index is 22.5. The van der Waals surface area contributed by atoms with Crippen molar-refractivity contribution in [1.82, 2.24) is 0 Å². The van der Waals surface area contributed by atoms with Crippen LogP contribution in [0.4, 0.5) is 0 Å². The average molecular weight is 53.9 g/mol. The van der Waals surface area contributed by atoms with Crippen LogP contribution in [0.2, 0.25) is 19.5 Å². The molecule has 0 N–H and O–H groups in total. The van der Waals surface area contributed by atoms with Crippen LogP contribution in [0.1, 0.15) is 0 Å². The molecule has 0 aromatic heterocycles. The summed E-state index contributed by atoms with van der Waals surface area (Å²) in [7, 11) is 0. The predicted octanol–water partition coefficient (Wildman–Crippen LogP) is 1.12. The minimum absolute atomic E-state index is 1.08. The highest BCUT2D eigenvalue weighted by Gasteiger charge is 2.17. The molecule has 0 aromatic rings. The molecule has 1 heterocycles. The first-order valence-electron chi connectivity index (χ1n) is 1.89. The second kappa shape index (κ2) is 0.509. The maximum Gasteiger partial charge on any atom is 0.135 e. The summed E-state index contributed by atoms with van der Waals surface area (Å²) in [6.45, 7) is 3.36. The van der Waals surface area contributed by atoms with Crippen LogP contribution in [0, 0.1) is 0 Å². The lowest BCUT2D eigenvalue weighted by Gasteiger charge is -1.45. The van der Waals surface area contributed by atoms with Crippen molar-refractivity contribution < 1.29 is 0 Å². The van der Waals surface area contributed by atoms with Gasteiger partial charge in [0.05, 0.1) is 0 Å². The zero-order valence-corrected chi connectivity index (χ0v) is 2.99. The Hall–Kier alpha value is 0.0649. The van der Waals surface area contributed by atoms with Gasteiger partial charge in [-0.15, -0.1) is 0 Å². The van der Waals surface area contributed by atoms with Crippen molar-refractivity contribution in [2.45, 2.75) is 19.5 Å². The van der Waals surface area contributed by atoms with Crippen molar-refractivity contribution in [2.75, 3.05) is 0 Å². The lowest BCUT2D eigenvalue weighted by atomic mass is 9.76. The van der Waals surface area contributed by atoms with Crippen molar-refractivity contribution >= 4 is 6.71 Å². The van der Waals surface area contributed by atoms with Gasteiger partial charge in [0.25, 0.3) is 0 Å². The van der Waals surface area contributed by atoms with Crippen LogP contribution in [0.5, 0.6) is 0 Å². The van der Waals surface area contributed by atoms with Crippen LogP contribution in [0.3, 0.4) is 0 Å². The van der Waals surface area contributed by atoms with Gasteiger partial charge in [-0.2, -0.15) is 0 Å². The molecule has 0 aromatic carbocycles. The molecule has 0 atom stereocenters. The van der Waals surface area contributed by atoms with E-state index in [2.05, 4.69) is 6.82 Å². The van der Waals surface area contributed by atoms with Gasteiger partial charge in [-0.05, 0) is 0 Å². The van der Waals surface area contributed by atoms with Crippen molar-refractivity contribution in [3.05, 3.63) is 0 Å². The molecule has 0 nitrogen and oxygen atoms in total. The molecule has 1 saturated heterocycles. The molecule has 1 fully saturated rings. The van der Waals surface area contributed by atoms with E-state index in [1.54, 1.807) is 0 Å². The largest absolute Gasteiger partial charge is 0.135 e. The molecule has 0 bridgehead atoms. The summed E-state index contributed by atoms with van der Waals surface area (Å²) in [4.78, 5) is 0. The molecule has 0 saturated carbocycles. The summed E-state index contributed by atoms with van der Waals surface area (Å²) in [6.07, 6.45) is 2.97. The summed E-state index contributed by atoms with van der Waals surface area (Å²) < 4.78 is 0. The Labute approximate surface area is 27.3 Å². The predicted molar refractivity (Wildman–Crippen MR) is 21.2 cm³/mol. The summed E-state index contributed by atoms with van der Waals surface area (Å²) in [5.74, 6) is 0. The van der Waals surface area contributed by atoms with E-state index in [-0.39, 0.29) is 0 Å². The van der Waals surface area contributed by atoms with E-state index in [4.69, 9.17) is 0 Å². The first kappa shape index (κ1) is 2.31. The maximum absolute atomic E-state index is 2.28. The van der Waals surface area contributed by atoms with E-state index >= 15 is 0 Å². The zero-order valence-electron chi connectivity index (χ0n) is 2.99. The Morgan fingerprint density at radius 2 is 1.75 bits per heavy atom. The third kappa shape index (κ3) is 0.249. The van der Waals surface area contributed by atoms with Crippen molar-refractivity contribution in [1.29, 1.82) is 0 Å². The van der Waals surface area contributed by atoms with E-state index in [9.17, 15) is 0 Å². The first-order valence-corrected chi connectivity index (χ1v) is 1.89. The Balaban J connectivity index is 2.17. The quantitative estimate of drug-likeness (QED) is 0.363. The van der Waals surface area contributed by atoms with Gasteiger partial charge in [-0.3, -0.25) is 0 Å². The first-order chi connectivity index (χ1) is 1.89. The molecule has 1 rings (SSSR count). The third-order valence-electron chi connectivity index (χ3n) is 0.866. The van der Waals surface area contributed by atoms with E-state index in [0.717, 1.165) is 6.71 Å². The Morgan fingerprint density at radius 3 is 1.75 bits per heavy atom. The van der Waals surface area contributed by atoms with E-state index < -0.39 is 0 Å². The number of hydrogen-bond donors (Lipinski definition) is 0. The fraction of sp³-hybridized carbons (Fsp3) is 1.00. The molecule has 22 valence electrons. The molecule has 0 aliphatic carbocycles. The highest BCUT2D eigenvalue weighted by Crippen LogP contribution is 2.19. The van der Waals surface area contributed by atoms with E-state index in [1.165, 1.54) is 12.6 Å². The summed E-state index contributed by atoms with van der Waals surface area (Å²) in [5.41, 5.74) is 0. The molecule has 1 aliphatic heterocycles. The second-order valence-corrected chi connectivity index (χ2v) is 1.68. The fourth-order valence-corrected chi connectivity index (χ4v) is 0.167. The standard InChI is InChI=1S/C3H7B/c1-4-2-3-4/h2-3H2,1H3. The molecule has 0 spiro atoms. The van der Waals surface area contributed by atoms with Crippen molar-refractivity contribution in [3.63, 3.8) is 0 Å². The Morgan fingerprint density at radius 1 is 1.50 bits per heavy atom. The topological polar surface area (TPSA) is 0 Å².